The smallest absolute Gasteiger partial charge is 0.382 e. The summed E-state index contributed by atoms with van der Waals surface area (Å²) in [6.45, 7) is 0.179. The molecule has 3 aliphatic heterocycles. The average Bonchev–Trinajstić information content (AvgIpc) is 2.62. The van der Waals surface area contributed by atoms with Crippen LogP contribution in [-0.4, -0.2) is 52.4 Å². The SMILES string of the molecule is COC[C@]12COC(C[C@H]1NP(=O)(O)O)C(n1ccc3ccccc3c1=O)O2. The molecule has 3 saturated heterocycles. The number of hydrogen-bond donors (Lipinski definition) is 3. The summed E-state index contributed by atoms with van der Waals surface area (Å²) >= 11 is 0. The molecular weight excluding hydrogens is 375 g/mol. The Labute approximate surface area is 155 Å². The van der Waals surface area contributed by atoms with Crippen LogP contribution in [0.25, 0.3) is 10.8 Å². The normalized spacial score (nSPS) is 30.7. The van der Waals surface area contributed by atoms with Crippen LogP contribution in [0.1, 0.15) is 12.6 Å². The molecule has 0 aliphatic carbocycles. The molecule has 0 spiro atoms. The molecule has 9 nitrogen and oxygen atoms in total. The third-order valence-electron chi connectivity index (χ3n) is 5.15. The molecule has 10 heteroatoms. The summed E-state index contributed by atoms with van der Waals surface area (Å²) in [5.74, 6) is 0. The minimum atomic E-state index is -4.47. The molecule has 5 rings (SSSR count). The molecule has 2 unspecified atom stereocenters. The Hall–Kier alpha value is -1.58. The third-order valence-corrected chi connectivity index (χ3v) is 5.79. The van der Waals surface area contributed by atoms with Crippen molar-refractivity contribution in [1.82, 2.24) is 9.65 Å². The molecule has 1 aromatic carbocycles. The molecule has 146 valence electrons. The van der Waals surface area contributed by atoms with E-state index in [0.29, 0.717) is 5.39 Å². The minimum absolute atomic E-state index is 0.0657. The summed E-state index contributed by atoms with van der Waals surface area (Å²) in [4.78, 5) is 31.6. The molecule has 2 bridgehead atoms. The fourth-order valence-corrected chi connectivity index (χ4v) is 4.68. The van der Waals surface area contributed by atoms with Gasteiger partial charge in [-0.3, -0.25) is 9.36 Å². The van der Waals surface area contributed by atoms with Crippen LogP contribution in [-0.2, 0) is 18.8 Å². The van der Waals surface area contributed by atoms with Crippen LogP contribution in [0.4, 0.5) is 0 Å². The number of fused-ring (bicyclic) bond motifs is 4. The van der Waals surface area contributed by atoms with Gasteiger partial charge in [-0.25, -0.2) is 9.65 Å². The molecule has 2 aromatic rings. The van der Waals surface area contributed by atoms with Gasteiger partial charge >= 0.3 is 7.75 Å². The molecule has 27 heavy (non-hydrogen) atoms. The molecule has 3 N–H and O–H groups in total. The first-order chi connectivity index (χ1) is 12.8. The summed E-state index contributed by atoms with van der Waals surface area (Å²) in [5.41, 5.74) is -1.32. The van der Waals surface area contributed by atoms with Crippen LogP contribution in [0.5, 0.6) is 0 Å². The van der Waals surface area contributed by atoms with E-state index >= 15 is 0 Å². The second kappa shape index (κ2) is 6.79. The Kier molecular flexibility index (Phi) is 4.72. The van der Waals surface area contributed by atoms with Crippen molar-refractivity contribution in [2.45, 2.75) is 30.4 Å². The Morgan fingerprint density at radius 1 is 1.37 bits per heavy atom. The molecular formula is C17H21N2O7P. The molecule has 1 aromatic heterocycles. The molecule has 4 atom stereocenters. The van der Waals surface area contributed by atoms with Gasteiger partial charge in [0, 0.05) is 18.7 Å². The van der Waals surface area contributed by atoms with Crippen LogP contribution in [0, 0.1) is 0 Å². The number of pyridine rings is 1. The van der Waals surface area contributed by atoms with E-state index in [-0.39, 0.29) is 25.2 Å². The molecule has 0 radical (unpaired) electrons. The zero-order chi connectivity index (χ0) is 19.2. The van der Waals surface area contributed by atoms with Gasteiger partial charge in [0.05, 0.1) is 19.3 Å². The largest absolute Gasteiger partial charge is 0.400 e. The van der Waals surface area contributed by atoms with Crippen LogP contribution < -0.4 is 10.6 Å². The fraction of sp³-hybridized carbons (Fsp3) is 0.471. The highest BCUT2D eigenvalue weighted by Crippen LogP contribution is 2.45. The van der Waals surface area contributed by atoms with Gasteiger partial charge in [0.25, 0.3) is 5.56 Å². The van der Waals surface area contributed by atoms with Gasteiger partial charge in [-0.2, -0.15) is 0 Å². The number of rotatable bonds is 5. The first kappa shape index (κ1) is 18.8. The van der Waals surface area contributed by atoms with Gasteiger partial charge in [0.1, 0.15) is 11.7 Å². The predicted molar refractivity (Wildman–Crippen MR) is 96.3 cm³/mol. The lowest BCUT2D eigenvalue weighted by molar-refractivity contribution is -0.313. The number of nitrogens with zero attached hydrogens (tertiary/aromatic N) is 1. The molecule has 3 fully saturated rings. The highest BCUT2D eigenvalue weighted by molar-refractivity contribution is 7.49. The van der Waals surface area contributed by atoms with E-state index in [9.17, 15) is 19.1 Å². The van der Waals surface area contributed by atoms with E-state index < -0.39 is 31.7 Å². The van der Waals surface area contributed by atoms with Crippen molar-refractivity contribution in [3.8, 4) is 0 Å². The first-order valence-electron chi connectivity index (χ1n) is 8.55. The minimum Gasteiger partial charge on any atom is -0.382 e. The van der Waals surface area contributed by atoms with Gasteiger partial charge in [-0.05, 0) is 23.9 Å². The number of nitrogens with one attached hydrogen (secondary N) is 1. The van der Waals surface area contributed by atoms with Crippen LogP contribution in [0.3, 0.4) is 0 Å². The van der Waals surface area contributed by atoms with Gasteiger partial charge in [0.15, 0.2) is 6.23 Å². The maximum atomic E-state index is 12.9. The standard InChI is InChI=1S/C17H21N2O7P/c1-24-9-17-10-25-13(8-14(17)18-27(21,22)23)16(26-17)19-7-6-11-4-2-3-5-12(11)15(19)20/h2-7,13-14,16H,8-10H2,1H3,(H3,18,21,22,23)/t13?,14-,16?,17+/m1/s1. The monoisotopic (exact) mass is 396 g/mol. The van der Waals surface area contributed by atoms with Crippen molar-refractivity contribution in [2.75, 3.05) is 20.3 Å². The van der Waals surface area contributed by atoms with E-state index in [0.717, 1.165) is 5.39 Å². The van der Waals surface area contributed by atoms with Crippen molar-refractivity contribution < 1.29 is 28.6 Å². The Morgan fingerprint density at radius 2 is 2.15 bits per heavy atom. The topological polar surface area (TPSA) is 119 Å². The van der Waals surface area contributed by atoms with Crippen molar-refractivity contribution in [1.29, 1.82) is 0 Å². The Morgan fingerprint density at radius 3 is 2.89 bits per heavy atom. The lowest BCUT2D eigenvalue weighted by atomic mass is 9.85. The fourth-order valence-electron chi connectivity index (χ4n) is 3.93. The first-order valence-corrected chi connectivity index (χ1v) is 10.2. The number of methoxy groups -OCH3 is 1. The highest BCUT2D eigenvalue weighted by Gasteiger charge is 2.56. The molecule has 3 aliphatic rings. The number of benzene rings is 1. The van der Waals surface area contributed by atoms with Crippen molar-refractivity contribution in [3.63, 3.8) is 0 Å². The molecule has 0 amide bonds. The third kappa shape index (κ3) is 3.36. The Bertz CT molecular complexity index is 954. The van der Waals surface area contributed by atoms with E-state index in [4.69, 9.17) is 14.2 Å². The van der Waals surface area contributed by atoms with E-state index in [1.54, 1.807) is 18.3 Å². The summed E-state index contributed by atoms with van der Waals surface area (Å²) < 4.78 is 30.2. The maximum absolute atomic E-state index is 12.9. The molecule has 0 saturated carbocycles. The van der Waals surface area contributed by atoms with Crippen LogP contribution in [0.15, 0.2) is 41.3 Å². The van der Waals surface area contributed by atoms with Gasteiger partial charge in [0.2, 0.25) is 0 Å². The maximum Gasteiger partial charge on any atom is 0.400 e. The Balaban J connectivity index is 1.72. The molecule has 4 heterocycles. The summed E-state index contributed by atoms with van der Waals surface area (Å²) in [5, 5.41) is 3.72. The zero-order valence-corrected chi connectivity index (χ0v) is 15.5. The number of aromatic nitrogens is 1. The summed E-state index contributed by atoms with van der Waals surface area (Å²) in [6, 6.07) is 8.43. The quantitative estimate of drug-likeness (QED) is 0.634. The van der Waals surface area contributed by atoms with Crippen LogP contribution >= 0.6 is 7.75 Å². The van der Waals surface area contributed by atoms with Crippen molar-refractivity contribution in [2.24, 2.45) is 0 Å². The predicted octanol–water partition coefficient (Wildman–Crippen LogP) is 0.755. The summed E-state index contributed by atoms with van der Waals surface area (Å²) in [6.07, 6.45) is 0.705. The van der Waals surface area contributed by atoms with Gasteiger partial charge in [-0.15, -0.1) is 0 Å². The summed E-state index contributed by atoms with van der Waals surface area (Å²) in [7, 11) is -3.00. The van der Waals surface area contributed by atoms with E-state index in [1.807, 2.05) is 18.2 Å². The number of hydrogen-bond acceptors (Lipinski definition) is 5. The zero-order valence-electron chi connectivity index (χ0n) is 14.6. The van der Waals surface area contributed by atoms with E-state index in [1.165, 1.54) is 11.7 Å². The van der Waals surface area contributed by atoms with Gasteiger partial charge < -0.3 is 24.0 Å². The number of ether oxygens (including phenoxy) is 3. The highest BCUT2D eigenvalue weighted by atomic mass is 31.2. The van der Waals surface area contributed by atoms with Gasteiger partial charge in [-0.1, -0.05) is 18.2 Å². The van der Waals surface area contributed by atoms with Crippen molar-refractivity contribution >= 4 is 18.5 Å². The lowest BCUT2D eigenvalue weighted by Crippen LogP contribution is -2.68. The lowest BCUT2D eigenvalue weighted by Gasteiger charge is -2.54. The second-order valence-corrected chi connectivity index (χ2v) is 8.28. The van der Waals surface area contributed by atoms with E-state index in [2.05, 4.69) is 5.09 Å². The second-order valence-electron chi connectivity index (χ2n) is 6.93. The van der Waals surface area contributed by atoms with Crippen molar-refractivity contribution in [3.05, 3.63) is 46.9 Å². The van der Waals surface area contributed by atoms with Crippen LogP contribution in [0.2, 0.25) is 0 Å². The average molecular weight is 396 g/mol.